The minimum atomic E-state index is -3.32. The van der Waals surface area contributed by atoms with E-state index in [0.717, 1.165) is 17.4 Å². The van der Waals surface area contributed by atoms with Crippen molar-refractivity contribution in [3.63, 3.8) is 0 Å². The fourth-order valence-electron chi connectivity index (χ4n) is 2.90. The van der Waals surface area contributed by atoms with Crippen LogP contribution in [-0.2, 0) is 24.2 Å². The molecule has 0 aromatic heterocycles. The van der Waals surface area contributed by atoms with Gasteiger partial charge in [0.2, 0.25) is 0 Å². The zero-order valence-corrected chi connectivity index (χ0v) is 15.9. The number of carbonyl (C=O) groups is 2. The molecule has 1 aliphatic rings. The number of hydrogen-bond donors (Lipinski definition) is 0. The lowest BCUT2D eigenvalue weighted by molar-refractivity contribution is -0.134. The molecule has 0 unspecified atom stereocenters. The Bertz CT molecular complexity index is 1060. The van der Waals surface area contributed by atoms with Crippen molar-refractivity contribution in [1.29, 1.82) is 0 Å². The van der Waals surface area contributed by atoms with Crippen molar-refractivity contribution in [2.75, 3.05) is 12.9 Å². The number of ether oxygens (including phenoxy) is 2. The molecule has 0 radical (unpaired) electrons. The summed E-state index contributed by atoms with van der Waals surface area (Å²) in [5, 5.41) is 0. The zero-order valence-electron chi connectivity index (χ0n) is 15.1. The maximum absolute atomic E-state index is 12.3. The lowest BCUT2D eigenvalue weighted by atomic mass is 9.95. The molecule has 0 spiro atoms. The maximum Gasteiger partial charge on any atom is 0.339 e. The summed E-state index contributed by atoms with van der Waals surface area (Å²) < 4.78 is 33.6. The Morgan fingerprint density at radius 3 is 2.26 bits per heavy atom. The molecular weight excluding hydrogens is 368 g/mol. The van der Waals surface area contributed by atoms with Gasteiger partial charge in [0.25, 0.3) is 0 Å². The highest BCUT2D eigenvalue weighted by Crippen LogP contribution is 2.35. The summed E-state index contributed by atoms with van der Waals surface area (Å²) in [6.45, 7) is 3.26. The Labute approximate surface area is 157 Å². The van der Waals surface area contributed by atoms with Crippen LogP contribution in [0, 0.1) is 6.92 Å². The SMILES string of the molecule is CC(=O)Oc1ccc(C2=C(c3ccc(S(C)(=O)=O)cc3)C(=O)OC2)cc1C. The first-order valence-electron chi connectivity index (χ1n) is 8.17. The van der Waals surface area contributed by atoms with Crippen molar-refractivity contribution in [1.82, 2.24) is 0 Å². The van der Waals surface area contributed by atoms with Gasteiger partial charge in [-0.15, -0.1) is 0 Å². The number of benzene rings is 2. The maximum atomic E-state index is 12.3. The number of carbonyl (C=O) groups excluding carboxylic acids is 2. The lowest BCUT2D eigenvalue weighted by Gasteiger charge is -2.09. The largest absolute Gasteiger partial charge is 0.457 e. The quantitative estimate of drug-likeness (QED) is 0.593. The molecule has 0 aliphatic carbocycles. The van der Waals surface area contributed by atoms with Gasteiger partial charge in [0, 0.05) is 18.8 Å². The summed E-state index contributed by atoms with van der Waals surface area (Å²) in [6, 6.07) is 11.4. The van der Waals surface area contributed by atoms with Gasteiger partial charge in [-0.25, -0.2) is 13.2 Å². The average Bonchev–Trinajstić information content (AvgIpc) is 2.97. The second-order valence-corrected chi connectivity index (χ2v) is 8.32. The van der Waals surface area contributed by atoms with Crippen LogP contribution >= 0.6 is 0 Å². The number of hydrogen-bond acceptors (Lipinski definition) is 6. The third-order valence-electron chi connectivity index (χ3n) is 4.20. The molecule has 27 heavy (non-hydrogen) atoms. The molecule has 0 fully saturated rings. The molecule has 2 aromatic carbocycles. The van der Waals surface area contributed by atoms with Gasteiger partial charge < -0.3 is 9.47 Å². The van der Waals surface area contributed by atoms with E-state index in [0.29, 0.717) is 22.5 Å². The Hall–Kier alpha value is -2.93. The average molecular weight is 386 g/mol. The molecule has 0 saturated carbocycles. The van der Waals surface area contributed by atoms with Gasteiger partial charge in [-0.3, -0.25) is 4.79 Å². The molecule has 0 amide bonds. The van der Waals surface area contributed by atoms with E-state index in [1.165, 1.54) is 19.1 Å². The second kappa shape index (κ2) is 7.00. The van der Waals surface area contributed by atoms with Crippen molar-refractivity contribution in [2.24, 2.45) is 0 Å². The molecule has 2 aromatic rings. The summed E-state index contributed by atoms with van der Waals surface area (Å²) in [6.07, 6.45) is 1.13. The predicted molar refractivity (Wildman–Crippen MR) is 99.8 cm³/mol. The summed E-state index contributed by atoms with van der Waals surface area (Å²) in [4.78, 5) is 23.6. The van der Waals surface area contributed by atoms with E-state index in [2.05, 4.69) is 0 Å². The number of cyclic esters (lactones) is 1. The zero-order chi connectivity index (χ0) is 19.8. The number of esters is 2. The van der Waals surface area contributed by atoms with E-state index in [1.807, 2.05) is 6.07 Å². The molecule has 7 heteroatoms. The van der Waals surface area contributed by atoms with E-state index in [9.17, 15) is 18.0 Å². The van der Waals surface area contributed by atoms with E-state index >= 15 is 0 Å². The van der Waals surface area contributed by atoms with Crippen LogP contribution in [0.25, 0.3) is 11.1 Å². The highest BCUT2D eigenvalue weighted by atomic mass is 32.2. The van der Waals surface area contributed by atoms with Crippen LogP contribution in [0.3, 0.4) is 0 Å². The molecule has 0 saturated heterocycles. The smallest absolute Gasteiger partial charge is 0.339 e. The third kappa shape index (κ3) is 3.93. The van der Waals surface area contributed by atoms with Crippen LogP contribution in [0.2, 0.25) is 0 Å². The Morgan fingerprint density at radius 1 is 1.07 bits per heavy atom. The van der Waals surface area contributed by atoms with Crippen LogP contribution in [0.5, 0.6) is 5.75 Å². The standard InChI is InChI=1S/C20H18O6S/c1-12-10-15(6-9-18(12)26-13(2)21)17-11-25-20(22)19(17)14-4-7-16(8-5-14)27(3,23)24/h4-10H,11H2,1-3H3. The first kappa shape index (κ1) is 18.8. The number of aryl methyl sites for hydroxylation is 1. The first-order valence-corrected chi connectivity index (χ1v) is 10.1. The normalized spacial score (nSPS) is 14.3. The van der Waals surface area contributed by atoms with Gasteiger partial charge in [0.15, 0.2) is 9.84 Å². The van der Waals surface area contributed by atoms with Crippen molar-refractivity contribution in [3.8, 4) is 5.75 Å². The van der Waals surface area contributed by atoms with Crippen molar-refractivity contribution in [3.05, 3.63) is 59.2 Å². The van der Waals surface area contributed by atoms with Crippen molar-refractivity contribution < 1.29 is 27.5 Å². The Balaban J connectivity index is 2.05. The van der Waals surface area contributed by atoms with Gasteiger partial charge in [-0.2, -0.15) is 0 Å². The molecule has 0 N–H and O–H groups in total. The molecule has 140 valence electrons. The van der Waals surface area contributed by atoms with E-state index in [1.54, 1.807) is 31.2 Å². The summed E-state index contributed by atoms with van der Waals surface area (Å²) in [5.41, 5.74) is 3.21. The lowest BCUT2D eigenvalue weighted by Crippen LogP contribution is -2.03. The topological polar surface area (TPSA) is 86.7 Å². The highest BCUT2D eigenvalue weighted by Gasteiger charge is 2.27. The number of rotatable bonds is 4. The summed E-state index contributed by atoms with van der Waals surface area (Å²) in [7, 11) is -3.32. The van der Waals surface area contributed by atoms with Gasteiger partial charge in [0.05, 0.1) is 10.5 Å². The van der Waals surface area contributed by atoms with Gasteiger partial charge >= 0.3 is 11.9 Å². The van der Waals surface area contributed by atoms with Crippen LogP contribution in [0.15, 0.2) is 47.4 Å². The van der Waals surface area contributed by atoms with Crippen LogP contribution < -0.4 is 4.74 Å². The summed E-state index contributed by atoms with van der Waals surface area (Å²) in [5.74, 6) is -0.411. The molecule has 1 aliphatic heterocycles. The minimum Gasteiger partial charge on any atom is -0.457 e. The van der Waals surface area contributed by atoms with Gasteiger partial charge in [-0.1, -0.05) is 18.2 Å². The highest BCUT2D eigenvalue weighted by molar-refractivity contribution is 7.90. The molecule has 1 heterocycles. The minimum absolute atomic E-state index is 0.119. The number of sulfone groups is 1. The molecular formula is C20H18O6S. The monoisotopic (exact) mass is 386 g/mol. The fourth-order valence-corrected chi connectivity index (χ4v) is 3.53. The van der Waals surface area contributed by atoms with Crippen LogP contribution in [0.4, 0.5) is 0 Å². The Morgan fingerprint density at radius 2 is 1.70 bits per heavy atom. The Kier molecular flexibility index (Phi) is 4.89. The van der Waals surface area contributed by atoms with E-state index in [4.69, 9.17) is 9.47 Å². The van der Waals surface area contributed by atoms with Gasteiger partial charge in [0.1, 0.15) is 12.4 Å². The molecule has 0 bridgehead atoms. The van der Waals surface area contributed by atoms with Crippen molar-refractivity contribution in [2.45, 2.75) is 18.7 Å². The predicted octanol–water partition coefficient (Wildman–Crippen LogP) is 2.79. The van der Waals surface area contributed by atoms with E-state index < -0.39 is 21.8 Å². The molecule has 3 rings (SSSR count). The first-order chi connectivity index (χ1) is 12.7. The van der Waals surface area contributed by atoms with E-state index in [-0.39, 0.29) is 11.5 Å². The fraction of sp³-hybridized carbons (Fsp3) is 0.200. The molecule has 6 nitrogen and oxygen atoms in total. The van der Waals surface area contributed by atoms with Crippen LogP contribution in [-0.4, -0.2) is 33.2 Å². The second-order valence-electron chi connectivity index (χ2n) is 6.30. The van der Waals surface area contributed by atoms with Gasteiger partial charge in [-0.05, 0) is 47.9 Å². The third-order valence-corrected chi connectivity index (χ3v) is 5.33. The summed E-state index contributed by atoms with van der Waals surface area (Å²) >= 11 is 0. The molecule has 0 atom stereocenters. The van der Waals surface area contributed by atoms with Crippen LogP contribution in [0.1, 0.15) is 23.6 Å². The van der Waals surface area contributed by atoms with Crippen molar-refractivity contribution >= 4 is 32.9 Å².